The first-order valence-electron chi connectivity index (χ1n) is 6.74. The van der Waals surface area contributed by atoms with Gasteiger partial charge in [0.1, 0.15) is 5.54 Å². The van der Waals surface area contributed by atoms with Crippen molar-refractivity contribution in [2.24, 2.45) is 0 Å². The number of amides is 1. The number of carbonyl (C=O) groups is 2. The first kappa shape index (κ1) is 15.0. The molecule has 1 aromatic rings. The Kier molecular flexibility index (Phi) is 4.24. The maximum atomic E-state index is 12.0. The topological polar surface area (TPSA) is 93.4 Å². The van der Waals surface area contributed by atoms with Gasteiger partial charge in [-0.2, -0.15) is 5.26 Å². The van der Waals surface area contributed by atoms with Gasteiger partial charge in [0.05, 0.1) is 18.2 Å². The highest BCUT2D eigenvalue weighted by Gasteiger charge is 2.43. The van der Waals surface area contributed by atoms with E-state index in [4.69, 9.17) is 5.26 Å². The predicted molar refractivity (Wildman–Crippen MR) is 76.6 cm³/mol. The minimum Gasteiger partial charge on any atom is -0.480 e. The number of carbonyl (C=O) groups excluding carboxylic acids is 1. The summed E-state index contributed by atoms with van der Waals surface area (Å²) in [5.74, 6) is -1.15. The highest BCUT2D eigenvalue weighted by molar-refractivity contribution is 5.93. The Bertz CT molecular complexity index is 591. The van der Waals surface area contributed by atoms with Gasteiger partial charge in [-0.15, -0.1) is 0 Å². The Balaban J connectivity index is 1.98. The van der Waals surface area contributed by atoms with Crippen LogP contribution in [-0.4, -0.2) is 40.5 Å². The van der Waals surface area contributed by atoms with Crippen LogP contribution in [0.15, 0.2) is 24.3 Å². The van der Waals surface area contributed by atoms with Crippen molar-refractivity contribution in [1.29, 1.82) is 5.26 Å². The number of carboxylic acids is 1. The van der Waals surface area contributed by atoms with Gasteiger partial charge in [-0.05, 0) is 50.6 Å². The Hall–Kier alpha value is -2.39. The summed E-state index contributed by atoms with van der Waals surface area (Å²) in [7, 11) is 0. The molecule has 2 N–H and O–H groups in total. The van der Waals surface area contributed by atoms with Crippen molar-refractivity contribution < 1.29 is 14.7 Å². The van der Waals surface area contributed by atoms with E-state index in [1.807, 2.05) is 6.07 Å². The van der Waals surface area contributed by atoms with Gasteiger partial charge in [0.25, 0.3) is 0 Å². The predicted octanol–water partition coefficient (Wildman–Crippen LogP) is 1.44. The highest BCUT2D eigenvalue weighted by atomic mass is 16.4. The molecule has 0 bridgehead atoms. The van der Waals surface area contributed by atoms with E-state index in [2.05, 4.69) is 5.32 Å². The first-order valence-corrected chi connectivity index (χ1v) is 6.74. The third-order valence-corrected chi connectivity index (χ3v) is 3.88. The molecular weight excluding hydrogens is 270 g/mol. The number of likely N-dealkylation sites (tertiary alicyclic amines) is 1. The van der Waals surface area contributed by atoms with Crippen molar-refractivity contribution in [3.05, 3.63) is 29.8 Å². The standard InChI is InChI=1S/C15H17N3O3/c1-15(14(20)21)7-2-8-18(15)10-13(19)17-12-5-3-11(9-16)4-6-12/h3-6H,2,7-8,10H2,1H3,(H,17,19)(H,20,21). The molecule has 0 radical (unpaired) electrons. The monoisotopic (exact) mass is 287 g/mol. The number of hydrogen-bond acceptors (Lipinski definition) is 4. The van der Waals surface area contributed by atoms with Crippen LogP contribution in [0.1, 0.15) is 25.3 Å². The molecule has 1 unspecified atom stereocenters. The van der Waals surface area contributed by atoms with Crippen molar-refractivity contribution in [3.63, 3.8) is 0 Å². The van der Waals surface area contributed by atoms with Gasteiger partial charge in [-0.3, -0.25) is 14.5 Å². The number of carboxylic acid groups (broad SMARTS) is 1. The summed E-state index contributed by atoms with van der Waals surface area (Å²) in [4.78, 5) is 25.1. The molecule has 0 aromatic heterocycles. The van der Waals surface area contributed by atoms with E-state index in [0.29, 0.717) is 24.2 Å². The van der Waals surface area contributed by atoms with E-state index >= 15 is 0 Å². The molecule has 21 heavy (non-hydrogen) atoms. The molecule has 0 saturated carbocycles. The number of rotatable bonds is 4. The van der Waals surface area contributed by atoms with Crippen LogP contribution in [0.5, 0.6) is 0 Å². The van der Waals surface area contributed by atoms with Gasteiger partial charge in [-0.25, -0.2) is 0 Å². The Morgan fingerprint density at radius 1 is 1.43 bits per heavy atom. The van der Waals surface area contributed by atoms with Crippen LogP contribution in [0.2, 0.25) is 0 Å². The Morgan fingerprint density at radius 3 is 2.67 bits per heavy atom. The Morgan fingerprint density at radius 2 is 2.10 bits per heavy atom. The third kappa shape index (κ3) is 3.20. The fraction of sp³-hybridized carbons (Fsp3) is 0.400. The van der Waals surface area contributed by atoms with Crippen molar-refractivity contribution in [1.82, 2.24) is 4.90 Å². The molecule has 1 atom stereocenters. The van der Waals surface area contributed by atoms with Crippen molar-refractivity contribution in [2.45, 2.75) is 25.3 Å². The van der Waals surface area contributed by atoms with Crippen LogP contribution in [0.25, 0.3) is 0 Å². The number of anilines is 1. The van der Waals surface area contributed by atoms with Gasteiger partial charge < -0.3 is 10.4 Å². The minimum atomic E-state index is -0.970. The summed E-state index contributed by atoms with van der Waals surface area (Å²) in [6, 6.07) is 8.54. The van der Waals surface area contributed by atoms with E-state index < -0.39 is 11.5 Å². The zero-order valence-electron chi connectivity index (χ0n) is 11.8. The molecule has 1 aliphatic rings. The van der Waals surface area contributed by atoms with Crippen molar-refractivity contribution in [2.75, 3.05) is 18.4 Å². The van der Waals surface area contributed by atoms with Crippen molar-refractivity contribution in [3.8, 4) is 6.07 Å². The number of nitrogens with zero attached hydrogens (tertiary/aromatic N) is 2. The van der Waals surface area contributed by atoms with Crippen LogP contribution in [0.4, 0.5) is 5.69 Å². The first-order chi connectivity index (χ1) is 9.95. The summed E-state index contributed by atoms with van der Waals surface area (Å²) in [5.41, 5.74) is 0.142. The van der Waals surface area contributed by atoms with Gasteiger partial charge in [0.2, 0.25) is 5.91 Å². The number of nitrogens with one attached hydrogen (secondary N) is 1. The second-order valence-electron chi connectivity index (χ2n) is 5.34. The molecule has 6 nitrogen and oxygen atoms in total. The molecule has 1 amide bonds. The normalized spacial score (nSPS) is 21.7. The molecule has 1 saturated heterocycles. The van der Waals surface area contributed by atoms with Gasteiger partial charge in [0, 0.05) is 5.69 Å². The lowest BCUT2D eigenvalue weighted by Crippen LogP contribution is -2.50. The largest absolute Gasteiger partial charge is 0.480 e. The van der Waals surface area contributed by atoms with Gasteiger partial charge >= 0.3 is 5.97 Å². The lowest BCUT2D eigenvalue weighted by atomic mass is 9.99. The summed E-state index contributed by atoms with van der Waals surface area (Å²) in [6.45, 7) is 2.30. The van der Waals surface area contributed by atoms with E-state index in [0.717, 1.165) is 6.42 Å². The molecule has 0 spiro atoms. The van der Waals surface area contributed by atoms with Gasteiger partial charge in [0.15, 0.2) is 0 Å². The third-order valence-electron chi connectivity index (χ3n) is 3.88. The molecule has 6 heteroatoms. The lowest BCUT2D eigenvalue weighted by molar-refractivity contribution is -0.149. The highest BCUT2D eigenvalue weighted by Crippen LogP contribution is 2.28. The molecule has 1 heterocycles. The van der Waals surface area contributed by atoms with Crippen LogP contribution in [0, 0.1) is 11.3 Å². The molecule has 2 rings (SSSR count). The van der Waals surface area contributed by atoms with Crippen LogP contribution in [0.3, 0.4) is 0 Å². The average Bonchev–Trinajstić information content (AvgIpc) is 2.82. The number of aliphatic carboxylic acids is 1. The zero-order valence-corrected chi connectivity index (χ0v) is 11.8. The molecule has 1 fully saturated rings. The lowest BCUT2D eigenvalue weighted by Gasteiger charge is -2.30. The molecule has 1 aliphatic heterocycles. The molecular formula is C15H17N3O3. The van der Waals surface area contributed by atoms with Gasteiger partial charge in [-0.1, -0.05) is 0 Å². The van der Waals surface area contributed by atoms with E-state index in [1.165, 1.54) is 0 Å². The van der Waals surface area contributed by atoms with Crippen LogP contribution >= 0.6 is 0 Å². The fourth-order valence-electron chi connectivity index (χ4n) is 2.52. The number of hydrogen-bond donors (Lipinski definition) is 2. The SMILES string of the molecule is CC1(C(=O)O)CCCN1CC(=O)Nc1ccc(C#N)cc1. The second kappa shape index (κ2) is 5.94. The minimum absolute atomic E-state index is 0.0444. The quantitative estimate of drug-likeness (QED) is 0.874. The number of nitriles is 1. The van der Waals surface area contributed by atoms with E-state index in [1.54, 1.807) is 36.1 Å². The number of benzene rings is 1. The molecule has 1 aromatic carbocycles. The summed E-state index contributed by atoms with van der Waals surface area (Å²) in [5, 5.41) is 20.7. The molecule has 110 valence electrons. The molecule has 0 aliphatic carbocycles. The van der Waals surface area contributed by atoms with Crippen LogP contribution < -0.4 is 5.32 Å². The summed E-state index contributed by atoms with van der Waals surface area (Å²) < 4.78 is 0. The summed E-state index contributed by atoms with van der Waals surface area (Å²) >= 11 is 0. The smallest absolute Gasteiger partial charge is 0.323 e. The maximum Gasteiger partial charge on any atom is 0.323 e. The maximum absolute atomic E-state index is 12.0. The van der Waals surface area contributed by atoms with E-state index in [-0.39, 0.29) is 12.5 Å². The average molecular weight is 287 g/mol. The summed E-state index contributed by atoms with van der Waals surface area (Å²) in [6.07, 6.45) is 1.32. The Labute approximate surface area is 123 Å². The van der Waals surface area contributed by atoms with Crippen LogP contribution in [-0.2, 0) is 9.59 Å². The zero-order chi connectivity index (χ0) is 15.5. The van der Waals surface area contributed by atoms with Crippen molar-refractivity contribution >= 4 is 17.6 Å². The fourth-order valence-corrected chi connectivity index (χ4v) is 2.52. The second-order valence-corrected chi connectivity index (χ2v) is 5.34. The van der Waals surface area contributed by atoms with E-state index in [9.17, 15) is 14.7 Å².